The van der Waals surface area contributed by atoms with E-state index in [9.17, 15) is 4.91 Å². The van der Waals surface area contributed by atoms with E-state index in [1.807, 2.05) is 32.9 Å². The number of allylic oxidation sites excluding steroid dienone is 3. The molecule has 3 rings (SSSR count). The Balaban J connectivity index is 2.24. The van der Waals surface area contributed by atoms with E-state index in [-0.39, 0.29) is 0 Å². The molecule has 27 heavy (non-hydrogen) atoms. The molecule has 0 saturated carbocycles. The Labute approximate surface area is 159 Å². The summed E-state index contributed by atoms with van der Waals surface area (Å²) in [4.78, 5) is 10.5. The maximum Gasteiger partial charge on any atom is 0.0800 e. The smallest absolute Gasteiger partial charge is 0.0800 e. The zero-order valence-electron chi connectivity index (χ0n) is 15.9. The Hall–Kier alpha value is -3.21. The molecule has 0 radical (unpaired) electrons. The maximum absolute atomic E-state index is 10.5. The van der Waals surface area contributed by atoms with Crippen molar-refractivity contribution in [3.8, 4) is 0 Å². The van der Waals surface area contributed by atoms with E-state index >= 15 is 0 Å². The van der Waals surface area contributed by atoms with E-state index in [0.717, 1.165) is 56.9 Å². The SMILES string of the molecule is CC1=CC(=C(c2ccc(N)c(C)c2)c2ccc(N)c(C)c2)CC/C1=N\N=O. The van der Waals surface area contributed by atoms with Gasteiger partial charge >= 0.3 is 0 Å². The molecule has 2 aromatic carbocycles. The van der Waals surface area contributed by atoms with Crippen molar-refractivity contribution in [2.45, 2.75) is 33.6 Å². The first-order valence-corrected chi connectivity index (χ1v) is 8.94. The third kappa shape index (κ3) is 3.82. The topological polar surface area (TPSA) is 93.8 Å². The van der Waals surface area contributed by atoms with Crippen molar-refractivity contribution >= 4 is 22.7 Å². The molecule has 5 nitrogen and oxygen atoms in total. The largest absolute Gasteiger partial charge is 0.399 e. The third-order valence-electron chi connectivity index (χ3n) is 5.08. The van der Waals surface area contributed by atoms with E-state index < -0.39 is 0 Å². The number of nitrogens with zero attached hydrogens (tertiary/aromatic N) is 2. The van der Waals surface area contributed by atoms with Gasteiger partial charge in [-0.2, -0.15) is 0 Å². The molecule has 0 amide bonds. The molecule has 5 heteroatoms. The molecule has 0 atom stereocenters. The monoisotopic (exact) mass is 360 g/mol. The first-order valence-electron chi connectivity index (χ1n) is 8.94. The van der Waals surface area contributed by atoms with Gasteiger partial charge in [-0.1, -0.05) is 18.2 Å². The summed E-state index contributed by atoms with van der Waals surface area (Å²) < 4.78 is 0. The second-order valence-corrected chi connectivity index (χ2v) is 7.00. The number of hydrogen-bond donors (Lipinski definition) is 2. The van der Waals surface area contributed by atoms with Gasteiger partial charge in [-0.05, 0) is 96.9 Å². The van der Waals surface area contributed by atoms with E-state index in [1.165, 1.54) is 5.57 Å². The van der Waals surface area contributed by atoms with Crippen LogP contribution >= 0.6 is 0 Å². The summed E-state index contributed by atoms with van der Waals surface area (Å²) in [6.45, 7) is 5.99. The van der Waals surface area contributed by atoms with Crippen molar-refractivity contribution < 1.29 is 0 Å². The molecule has 0 aromatic heterocycles. The Morgan fingerprint density at radius 2 is 1.44 bits per heavy atom. The molecule has 4 N–H and O–H groups in total. The summed E-state index contributed by atoms with van der Waals surface area (Å²) in [5.41, 5.74) is 22.0. The van der Waals surface area contributed by atoms with Gasteiger partial charge in [-0.3, -0.25) is 0 Å². The van der Waals surface area contributed by atoms with Gasteiger partial charge in [-0.25, -0.2) is 0 Å². The highest BCUT2D eigenvalue weighted by atomic mass is 16.3. The van der Waals surface area contributed by atoms with Crippen LogP contribution in [0, 0.1) is 18.8 Å². The molecule has 1 aliphatic carbocycles. The molecule has 0 aliphatic heterocycles. The van der Waals surface area contributed by atoms with Crippen LogP contribution in [0.3, 0.4) is 0 Å². The van der Waals surface area contributed by atoms with Crippen LogP contribution in [0.5, 0.6) is 0 Å². The van der Waals surface area contributed by atoms with Crippen LogP contribution in [0.15, 0.2) is 64.0 Å². The van der Waals surface area contributed by atoms with Crippen LogP contribution in [0.2, 0.25) is 0 Å². The highest BCUT2D eigenvalue weighted by Gasteiger charge is 2.18. The average molecular weight is 360 g/mol. The Morgan fingerprint density at radius 3 is 1.89 bits per heavy atom. The maximum atomic E-state index is 10.5. The van der Waals surface area contributed by atoms with Crippen molar-refractivity contribution in [3.63, 3.8) is 0 Å². The summed E-state index contributed by atoms with van der Waals surface area (Å²) >= 11 is 0. The van der Waals surface area contributed by atoms with Gasteiger partial charge in [-0.15, -0.1) is 10.0 Å². The molecule has 0 bridgehead atoms. The number of nitrogen functional groups attached to an aromatic ring is 2. The quantitative estimate of drug-likeness (QED) is 0.451. The molecule has 0 saturated heterocycles. The Bertz CT molecular complexity index is 946. The lowest BCUT2D eigenvalue weighted by Crippen LogP contribution is -2.08. The molecule has 2 aromatic rings. The van der Waals surface area contributed by atoms with E-state index in [2.05, 4.69) is 40.7 Å². The lowest BCUT2D eigenvalue weighted by atomic mass is 9.84. The van der Waals surface area contributed by atoms with Gasteiger partial charge in [0.05, 0.1) is 11.0 Å². The number of nitrogens with two attached hydrogens (primary N) is 2. The molecule has 0 heterocycles. The molecular weight excluding hydrogens is 336 g/mol. The van der Waals surface area contributed by atoms with Gasteiger partial charge in [0, 0.05) is 11.4 Å². The minimum Gasteiger partial charge on any atom is -0.399 e. The lowest BCUT2D eigenvalue weighted by Gasteiger charge is -2.20. The molecular formula is C22H24N4O. The van der Waals surface area contributed by atoms with Gasteiger partial charge in [0.25, 0.3) is 0 Å². The highest BCUT2D eigenvalue weighted by molar-refractivity contribution is 6.02. The average Bonchev–Trinajstić information content (AvgIpc) is 2.63. The second-order valence-electron chi connectivity index (χ2n) is 7.00. The predicted octanol–water partition coefficient (Wildman–Crippen LogP) is 5.13. The van der Waals surface area contributed by atoms with Gasteiger partial charge < -0.3 is 11.5 Å². The molecule has 0 spiro atoms. The third-order valence-corrected chi connectivity index (χ3v) is 5.08. The highest BCUT2D eigenvalue weighted by Crippen LogP contribution is 2.35. The minimum absolute atomic E-state index is 0.689. The standard InChI is InChI=1S/C22H24N4O/c1-13-10-16(4-7-19(13)23)22(17-5-8-20(24)14(2)11-17)18-6-9-21(25-26-27)15(3)12-18/h4-5,7-8,10-12H,6,9,23-24H2,1-3H3/b25-21+. The molecule has 1 aliphatic rings. The summed E-state index contributed by atoms with van der Waals surface area (Å²) in [6, 6.07) is 12.2. The van der Waals surface area contributed by atoms with E-state index in [0.29, 0.717) is 6.42 Å². The number of nitroso groups, excluding NO2 is 1. The van der Waals surface area contributed by atoms with E-state index in [4.69, 9.17) is 11.5 Å². The number of hydrogen-bond acceptors (Lipinski definition) is 4. The Morgan fingerprint density at radius 1 is 0.889 bits per heavy atom. The van der Waals surface area contributed by atoms with Gasteiger partial charge in [0.15, 0.2) is 0 Å². The van der Waals surface area contributed by atoms with Crippen molar-refractivity contribution in [2.24, 2.45) is 10.4 Å². The van der Waals surface area contributed by atoms with Crippen molar-refractivity contribution in [2.75, 3.05) is 11.5 Å². The van der Waals surface area contributed by atoms with Crippen LogP contribution < -0.4 is 11.5 Å². The first-order chi connectivity index (χ1) is 12.9. The van der Waals surface area contributed by atoms with Crippen LogP contribution in [0.25, 0.3) is 5.57 Å². The van der Waals surface area contributed by atoms with Crippen LogP contribution in [-0.4, -0.2) is 5.71 Å². The summed E-state index contributed by atoms with van der Waals surface area (Å²) in [5.74, 6) is 0. The van der Waals surface area contributed by atoms with Crippen molar-refractivity contribution in [1.29, 1.82) is 0 Å². The van der Waals surface area contributed by atoms with Crippen molar-refractivity contribution in [3.05, 3.63) is 80.8 Å². The number of benzene rings is 2. The molecule has 0 fully saturated rings. The van der Waals surface area contributed by atoms with Crippen LogP contribution in [0.4, 0.5) is 11.4 Å². The number of anilines is 2. The number of aryl methyl sites for hydroxylation is 2. The van der Waals surface area contributed by atoms with Gasteiger partial charge in [0.1, 0.15) is 0 Å². The number of rotatable bonds is 3. The second kappa shape index (κ2) is 7.58. The Kier molecular flexibility index (Phi) is 5.21. The minimum atomic E-state index is 0.689. The van der Waals surface area contributed by atoms with Gasteiger partial charge in [0.2, 0.25) is 0 Å². The fourth-order valence-electron chi connectivity index (χ4n) is 3.44. The van der Waals surface area contributed by atoms with Crippen LogP contribution in [-0.2, 0) is 0 Å². The zero-order valence-corrected chi connectivity index (χ0v) is 15.9. The molecule has 0 unspecified atom stereocenters. The van der Waals surface area contributed by atoms with Crippen LogP contribution in [0.1, 0.15) is 42.0 Å². The molecule has 138 valence electrons. The zero-order chi connectivity index (χ0) is 19.6. The lowest BCUT2D eigenvalue weighted by molar-refractivity contribution is 0.998. The summed E-state index contributed by atoms with van der Waals surface area (Å²) in [6.07, 6.45) is 3.57. The van der Waals surface area contributed by atoms with Crippen molar-refractivity contribution in [1.82, 2.24) is 0 Å². The van der Waals surface area contributed by atoms with E-state index in [1.54, 1.807) is 0 Å². The predicted molar refractivity (Wildman–Crippen MR) is 113 cm³/mol. The summed E-state index contributed by atoms with van der Waals surface area (Å²) in [5, 5.41) is 6.41. The fraction of sp³-hybridized carbons (Fsp3) is 0.227. The summed E-state index contributed by atoms with van der Waals surface area (Å²) in [7, 11) is 0. The normalized spacial score (nSPS) is 15.6. The first kappa shape index (κ1) is 18.6. The fourth-order valence-corrected chi connectivity index (χ4v) is 3.44.